The zero-order chi connectivity index (χ0) is 12.2. The van der Waals surface area contributed by atoms with Gasteiger partial charge in [0, 0.05) is 12.6 Å². The molecule has 1 aromatic rings. The van der Waals surface area contributed by atoms with E-state index >= 15 is 0 Å². The topological polar surface area (TPSA) is 29.1 Å². The second kappa shape index (κ2) is 5.15. The number of hydrogen-bond donors (Lipinski definition) is 1. The van der Waals surface area contributed by atoms with Crippen LogP contribution in [0.25, 0.3) is 0 Å². The fraction of sp³-hybridized carbons (Fsp3) is 0.500. The van der Waals surface area contributed by atoms with Crippen LogP contribution < -0.4 is 5.32 Å². The highest BCUT2D eigenvalue weighted by Crippen LogP contribution is 2.25. The van der Waals surface area contributed by atoms with E-state index in [1.54, 1.807) is 7.05 Å². The maximum absolute atomic E-state index is 11.4. The Bertz CT molecular complexity index is 352. The minimum Gasteiger partial charge on any atom is -0.355 e. The van der Waals surface area contributed by atoms with Gasteiger partial charge in [0.15, 0.2) is 0 Å². The van der Waals surface area contributed by atoms with E-state index in [0.29, 0.717) is 5.41 Å². The van der Waals surface area contributed by atoms with Crippen LogP contribution in [0.1, 0.15) is 43.1 Å². The highest BCUT2D eigenvalue weighted by Gasteiger charge is 2.15. The maximum Gasteiger partial charge on any atom is 0.251 e. The molecule has 0 aliphatic heterocycles. The second-order valence-electron chi connectivity index (χ2n) is 4.97. The summed E-state index contributed by atoms with van der Waals surface area (Å²) in [6, 6.07) is 7.86. The Hall–Kier alpha value is -1.31. The lowest BCUT2D eigenvalue weighted by atomic mass is 9.83. The highest BCUT2D eigenvalue weighted by atomic mass is 16.1. The number of carbonyl (C=O) groups excluding carboxylic acids is 1. The third-order valence-electron chi connectivity index (χ3n) is 3.08. The Labute approximate surface area is 98.1 Å². The number of carbonyl (C=O) groups is 1. The third kappa shape index (κ3) is 3.37. The molecular formula is C14H21NO. The van der Waals surface area contributed by atoms with Crippen molar-refractivity contribution >= 4 is 5.91 Å². The van der Waals surface area contributed by atoms with Crippen LogP contribution >= 0.6 is 0 Å². The number of amides is 1. The average Bonchev–Trinajstić information content (AvgIpc) is 2.28. The highest BCUT2D eigenvalue weighted by molar-refractivity contribution is 5.93. The molecule has 2 nitrogen and oxygen atoms in total. The van der Waals surface area contributed by atoms with E-state index in [9.17, 15) is 4.79 Å². The molecule has 88 valence electrons. The van der Waals surface area contributed by atoms with Crippen LogP contribution in [0.4, 0.5) is 0 Å². The van der Waals surface area contributed by atoms with Crippen LogP contribution in [0.3, 0.4) is 0 Å². The summed E-state index contributed by atoms with van der Waals surface area (Å²) in [5.74, 6) is -0.0266. The van der Waals surface area contributed by atoms with E-state index in [-0.39, 0.29) is 5.91 Å². The van der Waals surface area contributed by atoms with Crippen molar-refractivity contribution < 1.29 is 4.79 Å². The van der Waals surface area contributed by atoms with Gasteiger partial charge in [0.25, 0.3) is 5.91 Å². The van der Waals surface area contributed by atoms with Crippen molar-refractivity contribution in [3.63, 3.8) is 0 Å². The van der Waals surface area contributed by atoms with Crippen molar-refractivity contribution in [3.05, 3.63) is 35.4 Å². The van der Waals surface area contributed by atoms with Gasteiger partial charge in [-0.15, -0.1) is 0 Å². The molecule has 0 saturated heterocycles. The van der Waals surface area contributed by atoms with E-state index in [2.05, 4.69) is 26.1 Å². The Kier molecular flexibility index (Phi) is 4.11. The lowest BCUT2D eigenvalue weighted by molar-refractivity contribution is 0.0963. The molecule has 0 radical (unpaired) electrons. The number of nitrogens with one attached hydrogen (secondary N) is 1. The molecule has 16 heavy (non-hydrogen) atoms. The summed E-state index contributed by atoms with van der Waals surface area (Å²) in [5.41, 5.74) is 2.34. The summed E-state index contributed by atoms with van der Waals surface area (Å²) in [7, 11) is 1.65. The lowest BCUT2D eigenvalue weighted by Gasteiger charge is -2.22. The van der Waals surface area contributed by atoms with Gasteiger partial charge < -0.3 is 5.32 Å². The molecule has 1 N–H and O–H groups in total. The molecule has 0 heterocycles. The van der Waals surface area contributed by atoms with Gasteiger partial charge in [-0.2, -0.15) is 0 Å². The molecule has 0 bridgehead atoms. The zero-order valence-corrected chi connectivity index (χ0v) is 10.6. The van der Waals surface area contributed by atoms with E-state index in [0.717, 1.165) is 18.4 Å². The van der Waals surface area contributed by atoms with Gasteiger partial charge in [0.1, 0.15) is 0 Å². The monoisotopic (exact) mass is 219 g/mol. The van der Waals surface area contributed by atoms with Crippen LogP contribution in [0.2, 0.25) is 0 Å². The first-order chi connectivity index (χ1) is 7.48. The number of rotatable bonds is 4. The Balaban J connectivity index is 2.76. The molecule has 0 unspecified atom stereocenters. The van der Waals surface area contributed by atoms with E-state index in [1.165, 1.54) is 5.56 Å². The summed E-state index contributed by atoms with van der Waals surface area (Å²) in [6.45, 7) is 6.73. The van der Waals surface area contributed by atoms with Gasteiger partial charge in [0.2, 0.25) is 0 Å². The molecule has 1 aromatic carbocycles. The molecule has 1 rings (SSSR count). The van der Waals surface area contributed by atoms with Crippen LogP contribution in [-0.2, 0) is 6.42 Å². The predicted molar refractivity (Wildman–Crippen MR) is 67.6 cm³/mol. The van der Waals surface area contributed by atoms with Crippen molar-refractivity contribution in [2.45, 2.75) is 33.6 Å². The van der Waals surface area contributed by atoms with Crippen LogP contribution in [0.5, 0.6) is 0 Å². The molecule has 1 amide bonds. The Morgan fingerprint density at radius 1 is 1.25 bits per heavy atom. The standard InChI is InChI=1S/C14H21NO/c1-5-14(2,3)10-11-6-8-12(9-7-11)13(16)15-4/h6-9H,5,10H2,1-4H3,(H,15,16). The lowest BCUT2D eigenvalue weighted by Crippen LogP contribution is -2.18. The Morgan fingerprint density at radius 2 is 1.81 bits per heavy atom. The normalized spacial score (nSPS) is 11.2. The number of hydrogen-bond acceptors (Lipinski definition) is 1. The van der Waals surface area contributed by atoms with Crippen LogP contribution in [0.15, 0.2) is 24.3 Å². The van der Waals surface area contributed by atoms with Gasteiger partial charge >= 0.3 is 0 Å². The van der Waals surface area contributed by atoms with Crippen molar-refractivity contribution in [1.82, 2.24) is 5.32 Å². The van der Waals surface area contributed by atoms with Crippen molar-refractivity contribution in [3.8, 4) is 0 Å². The maximum atomic E-state index is 11.4. The first-order valence-corrected chi connectivity index (χ1v) is 5.79. The largest absolute Gasteiger partial charge is 0.355 e. The van der Waals surface area contributed by atoms with E-state index in [4.69, 9.17) is 0 Å². The van der Waals surface area contributed by atoms with Crippen molar-refractivity contribution in [1.29, 1.82) is 0 Å². The summed E-state index contributed by atoms with van der Waals surface area (Å²) >= 11 is 0. The summed E-state index contributed by atoms with van der Waals surface area (Å²) in [5, 5.41) is 2.62. The van der Waals surface area contributed by atoms with Crippen molar-refractivity contribution in [2.75, 3.05) is 7.05 Å². The van der Waals surface area contributed by atoms with Crippen molar-refractivity contribution in [2.24, 2.45) is 5.41 Å². The quantitative estimate of drug-likeness (QED) is 0.828. The minimum atomic E-state index is -0.0266. The molecule has 0 aliphatic carbocycles. The predicted octanol–water partition coefficient (Wildman–Crippen LogP) is 3.02. The van der Waals surface area contributed by atoms with Crippen LogP contribution in [0, 0.1) is 5.41 Å². The first kappa shape index (κ1) is 12.8. The SMILES string of the molecule is CCC(C)(C)Cc1ccc(C(=O)NC)cc1. The van der Waals surface area contributed by atoms with Gasteiger partial charge in [-0.05, 0) is 29.5 Å². The fourth-order valence-electron chi connectivity index (χ4n) is 1.60. The first-order valence-electron chi connectivity index (χ1n) is 5.79. The average molecular weight is 219 g/mol. The molecule has 0 saturated carbocycles. The fourth-order valence-corrected chi connectivity index (χ4v) is 1.60. The zero-order valence-electron chi connectivity index (χ0n) is 10.6. The molecule has 0 atom stereocenters. The summed E-state index contributed by atoms with van der Waals surface area (Å²) < 4.78 is 0. The van der Waals surface area contributed by atoms with Gasteiger partial charge in [-0.25, -0.2) is 0 Å². The molecule has 0 fully saturated rings. The van der Waals surface area contributed by atoms with Gasteiger partial charge in [-0.3, -0.25) is 4.79 Å². The second-order valence-corrected chi connectivity index (χ2v) is 4.97. The summed E-state index contributed by atoms with van der Waals surface area (Å²) in [6.07, 6.45) is 2.21. The van der Waals surface area contributed by atoms with Crippen LogP contribution in [-0.4, -0.2) is 13.0 Å². The molecule has 2 heteroatoms. The summed E-state index contributed by atoms with van der Waals surface area (Å²) in [4.78, 5) is 11.4. The molecule has 0 spiro atoms. The number of benzene rings is 1. The molecule has 0 aromatic heterocycles. The Morgan fingerprint density at radius 3 is 2.25 bits per heavy atom. The minimum absolute atomic E-state index is 0.0266. The van der Waals surface area contributed by atoms with Gasteiger partial charge in [0.05, 0.1) is 0 Å². The van der Waals surface area contributed by atoms with Gasteiger partial charge in [-0.1, -0.05) is 39.3 Å². The smallest absolute Gasteiger partial charge is 0.251 e. The molecule has 0 aliphatic rings. The third-order valence-corrected chi connectivity index (χ3v) is 3.08. The van der Waals surface area contributed by atoms with E-state index < -0.39 is 0 Å². The van der Waals surface area contributed by atoms with E-state index in [1.807, 2.05) is 24.3 Å². The molecular weight excluding hydrogens is 198 g/mol.